The topological polar surface area (TPSA) is 45.1 Å². The van der Waals surface area contributed by atoms with Gasteiger partial charge in [0.1, 0.15) is 0 Å². The average molecular weight is 242 g/mol. The molecule has 3 rings (SSSR count). The molecule has 3 nitrogen and oxygen atoms in total. The van der Waals surface area contributed by atoms with Crippen LogP contribution < -0.4 is 5.32 Å². The molecule has 2 atom stereocenters. The molecule has 2 heterocycles. The van der Waals surface area contributed by atoms with Crippen LogP contribution in [0.4, 0.5) is 0 Å². The van der Waals surface area contributed by atoms with E-state index in [4.69, 9.17) is 0 Å². The first-order valence-electron chi connectivity index (χ1n) is 6.53. The van der Waals surface area contributed by atoms with E-state index in [0.717, 1.165) is 41.5 Å². The van der Waals surface area contributed by atoms with Crippen molar-refractivity contribution in [1.29, 1.82) is 0 Å². The van der Waals surface area contributed by atoms with Crippen LogP contribution in [-0.2, 0) is 0 Å². The minimum Gasteiger partial charge on any atom is -0.387 e. The fraction of sp³-hybridized carbons (Fsp3) is 0.400. The van der Waals surface area contributed by atoms with E-state index < -0.39 is 6.10 Å². The lowest BCUT2D eigenvalue weighted by atomic mass is 9.98. The molecule has 1 aliphatic heterocycles. The van der Waals surface area contributed by atoms with Crippen molar-refractivity contribution in [2.75, 3.05) is 6.54 Å². The van der Waals surface area contributed by atoms with E-state index in [9.17, 15) is 5.11 Å². The highest BCUT2D eigenvalue weighted by Gasteiger charge is 2.25. The van der Waals surface area contributed by atoms with Gasteiger partial charge in [-0.15, -0.1) is 0 Å². The molecule has 18 heavy (non-hydrogen) atoms. The third-order valence-electron chi connectivity index (χ3n) is 3.69. The molecule has 0 radical (unpaired) electrons. The predicted octanol–water partition coefficient (Wildman–Crippen LogP) is 2.33. The lowest BCUT2D eigenvalue weighted by Gasteiger charge is -2.19. The lowest BCUT2D eigenvalue weighted by molar-refractivity contribution is 0.139. The molecule has 2 N–H and O–H groups in total. The molecule has 1 aromatic carbocycles. The van der Waals surface area contributed by atoms with Gasteiger partial charge in [0.2, 0.25) is 0 Å². The normalized spacial score (nSPS) is 21.3. The number of aliphatic hydroxyl groups is 1. The maximum atomic E-state index is 10.5. The number of rotatable bonds is 2. The van der Waals surface area contributed by atoms with Gasteiger partial charge in [-0.25, -0.2) is 0 Å². The summed E-state index contributed by atoms with van der Waals surface area (Å²) in [5.74, 6) is 0. The number of hydrogen-bond donors (Lipinski definition) is 2. The van der Waals surface area contributed by atoms with Gasteiger partial charge in [0, 0.05) is 22.7 Å². The van der Waals surface area contributed by atoms with Crippen molar-refractivity contribution in [3.8, 4) is 0 Å². The van der Waals surface area contributed by atoms with Crippen LogP contribution in [0.3, 0.4) is 0 Å². The number of benzene rings is 1. The van der Waals surface area contributed by atoms with Crippen LogP contribution >= 0.6 is 0 Å². The van der Waals surface area contributed by atoms with E-state index >= 15 is 0 Å². The van der Waals surface area contributed by atoms with E-state index in [-0.39, 0.29) is 6.04 Å². The summed E-state index contributed by atoms with van der Waals surface area (Å²) >= 11 is 0. The first-order chi connectivity index (χ1) is 8.75. The third-order valence-corrected chi connectivity index (χ3v) is 3.69. The second-order valence-electron chi connectivity index (χ2n) is 5.02. The lowest BCUT2D eigenvalue weighted by Crippen LogP contribution is -2.28. The highest BCUT2D eigenvalue weighted by Crippen LogP contribution is 2.28. The zero-order chi connectivity index (χ0) is 12.5. The molecular weight excluding hydrogens is 224 g/mol. The van der Waals surface area contributed by atoms with Crippen LogP contribution in [0.5, 0.6) is 0 Å². The molecule has 0 bridgehead atoms. The van der Waals surface area contributed by atoms with Crippen molar-refractivity contribution in [3.05, 3.63) is 41.6 Å². The average Bonchev–Trinajstić information content (AvgIpc) is 2.91. The number of pyridine rings is 1. The number of fused-ring (bicyclic) bond motifs is 1. The van der Waals surface area contributed by atoms with Gasteiger partial charge in [-0.2, -0.15) is 0 Å². The molecule has 0 aliphatic carbocycles. The number of aryl methyl sites for hydroxylation is 1. The van der Waals surface area contributed by atoms with Gasteiger partial charge in [-0.3, -0.25) is 4.98 Å². The standard InChI is InChI=1S/C15H18N2O/c1-10-7-8-11-4-2-5-12(14(11)17-10)15(18)13-6-3-9-16-13/h2,4-5,7-8,13,15-16,18H,3,6,9H2,1H3. The number of aromatic nitrogens is 1. The first-order valence-corrected chi connectivity index (χ1v) is 6.53. The SMILES string of the molecule is Cc1ccc2cccc(C(O)C3CCCN3)c2n1. The number of para-hydroxylation sites is 1. The van der Waals surface area contributed by atoms with Gasteiger partial charge in [-0.1, -0.05) is 24.3 Å². The highest BCUT2D eigenvalue weighted by atomic mass is 16.3. The molecule has 1 aliphatic rings. The van der Waals surface area contributed by atoms with Crippen molar-refractivity contribution >= 4 is 10.9 Å². The molecule has 0 amide bonds. The van der Waals surface area contributed by atoms with E-state index in [1.807, 2.05) is 31.2 Å². The summed E-state index contributed by atoms with van der Waals surface area (Å²) in [5.41, 5.74) is 2.86. The van der Waals surface area contributed by atoms with E-state index in [1.54, 1.807) is 0 Å². The van der Waals surface area contributed by atoms with Crippen LogP contribution in [0.2, 0.25) is 0 Å². The monoisotopic (exact) mass is 242 g/mol. The van der Waals surface area contributed by atoms with Crippen LogP contribution in [-0.4, -0.2) is 22.7 Å². The smallest absolute Gasteiger partial charge is 0.0963 e. The van der Waals surface area contributed by atoms with Crippen molar-refractivity contribution in [1.82, 2.24) is 10.3 Å². The van der Waals surface area contributed by atoms with Gasteiger partial charge >= 0.3 is 0 Å². The Morgan fingerprint density at radius 3 is 3.00 bits per heavy atom. The summed E-state index contributed by atoms with van der Waals surface area (Å²) in [5, 5.41) is 15.0. The quantitative estimate of drug-likeness (QED) is 0.849. The third kappa shape index (κ3) is 2.00. The summed E-state index contributed by atoms with van der Waals surface area (Å²) in [7, 11) is 0. The second-order valence-corrected chi connectivity index (χ2v) is 5.02. The van der Waals surface area contributed by atoms with E-state index in [2.05, 4.69) is 16.4 Å². The van der Waals surface area contributed by atoms with E-state index in [0.29, 0.717) is 0 Å². The molecule has 1 saturated heterocycles. The van der Waals surface area contributed by atoms with Crippen molar-refractivity contribution in [2.24, 2.45) is 0 Å². The molecule has 0 saturated carbocycles. The Labute approximate surface area is 107 Å². The Bertz CT molecular complexity index is 561. The van der Waals surface area contributed by atoms with Crippen LogP contribution in [0.1, 0.15) is 30.2 Å². The van der Waals surface area contributed by atoms with Gasteiger partial charge < -0.3 is 10.4 Å². The van der Waals surface area contributed by atoms with Crippen LogP contribution in [0.15, 0.2) is 30.3 Å². The maximum absolute atomic E-state index is 10.5. The minimum atomic E-state index is -0.467. The fourth-order valence-electron chi connectivity index (χ4n) is 2.70. The molecule has 1 fully saturated rings. The highest BCUT2D eigenvalue weighted by molar-refractivity contribution is 5.82. The van der Waals surface area contributed by atoms with E-state index in [1.165, 1.54) is 0 Å². The fourth-order valence-corrected chi connectivity index (χ4v) is 2.70. The van der Waals surface area contributed by atoms with Crippen molar-refractivity contribution in [2.45, 2.75) is 31.9 Å². The Balaban J connectivity index is 2.07. The molecule has 1 aromatic heterocycles. The summed E-state index contributed by atoms with van der Waals surface area (Å²) < 4.78 is 0. The Morgan fingerprint density at radius 2 is 2.22 bits per heavy atom. The Morgan fingerprint density at radius 1 is 1.33 bits per heavy atom. The molecular formula is C15H18N2O. The first kappa shape index (κ1) is 11.6. The van der Waals surface area contributed by atoms with Gasteiger partial charge in [0.05, 0.1) is 11.6 Å². The maximum Gasteiger partial charge on any atom is 0.0963 e. The Kier molecular flexibility index (Phi) is 3.02. The zero-order valence-corrected chi connectivity index (χ0v) is 10.6. The minimum absolute atomic E-state index is 0.165. The largest absolute Gasteiger partial charge is 0.387 e. The molecule has 0 spiro atoms. The van der Waals surface area contributed by atoms with Crippen LogP contribution in [0, 0.1) is 6.92 Å². The summed E-state index contributed by atoms with van der Waals surface area (Å²) in [4.78, 5) is 4.58. The molecule has 94 valence electrons. The summed E-state index contributed by atoms with van der Waals surface area (Å²) in [6.45, 7) is 2.98. The van der Waals surface area contributed by atoms with Gasteiger partial charge in [0.15, 0.2) is 0 Å². The van der Waals surface area contributed by atoms with Crippen molar-refractivity contribution < 1.29 is 5.11 Å². The Hall–Kier alpha value is -1.45. The van der Waals surface area contributed by atoms with Gasteiger partial charge in [-0.05, 0) is 32.4 Å². The predicted molar refractivity (Wildman–Crippen MR) is 72.5 cm³/mol. The summed E-state index contributed by atoms with van der Waals surface area (Å²) in [6, 6.07) is 10.3. The van der Waals surface area contributed by atoms with Crippen molar-refractivity contribution in [3.63, 3.8) is 0 Å². The number of hydrogen-bond acceptors (Lipinski definition) is 3. The molecule has 3 heteroatoms. The molecule has 2 aromatic rings. The summed E-state index contributed by atoms with van der Waals surface area (Å²) in [6.07, 6.45) is 1.70. The van der Waals surface area contributed by atoms with Crippen LogP contribution in [0.25, 0.3) is 10.9 Å². The molecule has 2 unspecified atom stereocenters. The zero-order valence-electron chi connectivity index (χ0n) is 10.6. The second kappa shape index (κ2) is 4.67. The number of nitrogens with one attached hydrogen (secondary N) is 1. The number of nitrogens with zero attached hydrogens (tertiary/aromatic N) is 1. The van der Waals surface area contributed by atoms with Gasteiger partial charge in [0.25, 0.3) is 0 Å². The number of aliphatic hydroxyl groups excluding tert-OH is 1.